The van der Waals surface area contributed by atoms with E-state index in [-0.39, 0.29) is 29.1 Å². The van der Waals surface area contributed by atoms with Crippen molar-refractivity contribution in [2.45, 2.75) is 76.4 Å². The van der Waals surface area contributed by atoms with E-state index in [0.717, 1.165) is 46.7 Å². The number of rotatable bonds is 13. The summed E-state index contributed by atoms with van der Waals surface area (Å²) < 4.78 is 40.2. The van der Waals surface area contributed by atoms with Gasteiger partial charge in [-0.15, -0.1) is 0 Å². The minimum Gasteiger partial charge on any atom is -0.493 e. The number of hydrogen-bond donors (Lipinski definition) is 1. The van der Waals surface area contributed by atoms with Gasteiger partial charge in [-0.3, -0.25) is 13.9 Å². The van der Waals surface area contributed by atoms with Crippen molar-refractivity contribution in [3.63, 3.8) is 0 Å². The Morgan fingerprint density at radius 3 is 2.20 bits per heavy atom. The van der Waals surface area contributed by atoms with Crippen LogP contribution in [0.15, 0.2) is 71.6 Å². The molecule has 0 aromatic heterocycles. The molecule has 1 saturated carbocycles. The van der Waals surface area contributed by atoms with Gasteiger partial charge in [0.25, 0.3) is 10.0 Å². The fourth-order valence-electron chi connectivity index (χ4n) is 5.64. The maximum Gasteiger partial charge on any atom is 0.264 e. The van der Waals surface area contributed by atoms with E-state index in [4.69, 9.17) is 9.47 Å². The highest BCUT2D eigenvalue weighted by Crippen LogP contribution is 2.32. The number of nitrogens with one attached hydrogen (secondary N) is 1. The zero-order valence-corrected chi connectivity index (χ0v) is 27.0. The summed E-state index contributed by atoms with van der Waals surface area (Å²) >= 11 is 0. The van der Waals surface area contributed by atoms with Gasteiger partial charge >= 0.3 is 0 Å². The zero-order valence-electron chi connectivity index (χ0n) is 26.2. The average Bonchev–Trinajstić information content (AvgIpc) is 3.52. The molecule has 1 aliphatic carbocycles. The van der Waals surface area contributed by atoms with Gasteiger partial charge in [-0.1, -0.05) is 67.3 Å². The molecule has 0 aliphatic heterocycles. The zero-order chi connectivity index (χ0) is 31.9. The fourth-order valence-corrected chi connectivity index (χ4v) is 7.07. The number of carbonyl (C=O) groups is 2. The second kappa shape index (κ2) is 14.6. The number of amides is 2. The highest BCUT2D eigenvalue weighted by molar-refractivity contribution is 7.92. The van der Waals surface area contributed by atoms with Crippen LogP contribution in [0.3, 0.4) is 0 Å². The molecular weight excluding hydrogens is 578 g/mol. The van der Waals surface area contributed by atoms with Gasteiger partial charge in [-0.05, 0) is 62.9 Å². The molecule has 44 heavy (non-hydrogen) atoms. The summed E-state index contributed by atoms with van der Waals surface area (Å²) in [5, 5.41) is 3.14. The van der Waals surface area contributed by atoms with Crippen LogP contribution in [-0.4, -0.2) is 58.0 Å². The van der Waals surface area contributed by atoms with E-state index < -0.39 is 28.5 Å². The molecule has 0 saturated heterocycles. The monoisotopic (exact) mass is 621 g/mol. The molecule has 1 fully saturated rings. The SMILES string of the molecule is CC[C@H](C(=O)NC1CCCC1)N(Cc1cccc(C)c1)C(=O)CN(c1ccc(C)cc1)S(=O)(=O)c1ccc(OC)c(OC)c1. The van der Waals surface area contributed by atoms with Crippen molar-refractivity contribution in [1.29, 1.82) is 0 Å². The summed E-state index contributed by atoms with van der Waals surface area (Å²) in [6.45, 7) is 5.40. The lowest BCUT2D eigenvalue weighted by molar-refractivity contribution is -0.140. The maximum absolute atomic E-state index is 14.3. The first-order valence-electron chi connectivity index (χ1n) is 15.0. The van der Waals surface area contributed by atoms with E-state index in [9.17, 15) is 18.0 Å². The molecule has 0 unspecified atom stereocenters. The number of methoxy groups -OCH3 is 2. The van der Waals surface area contributed by atoms with Gasteiger partial charge in [0.2, 0.25) is 11.8 Å². The predicted octanol–water partition coefficient (Wildman–Crippen LogP) is 5.38. The van der Waals surface area contributed by atoms with Gasteiger partial charge in [0.1, 0.15) is 12.6 Å². The smallest absolute Gasteiger partial charge is 0.264 e. The highest BCUT2D eigenvalue weighted by atomic mass is 32.2. The van der Waals surface area contributed by atoms with E-state index in [2.05, 4.69) is 5.32 Å². The van der Waals surface area contributed by atoms with Crippen molar-refractivity contribution >= 4 is 27.5 Å². The Hall–Kier alpha value is -4.05. The summed E-state index contributed by atoms with van der Waals surface area (Å²) in [5.41, 5.74) is 3.16. The number of carbonyl (C=O) groups excluding carboxylic acids is 2. The molecule has 1 aliphatic rings. The van der Waals surface area contributed by atoms with Crippen LogP contribution < -0.4 is 19.1 Å². The minimum absolute atomic E-state index is 0.0558. The maximum atomic E-state index is 14.3. The largest absolute Gasteiger partial charge is 0.493 e. The van der Waals surface area contributed by atoms with Crippen molar-refractivity contribution in [2.24, 2.45) is 0 Å². The lowest BCUT2D eigenvalue weighted by Crippen LogP contribution is -2.53. The first-order valence-corrected chi connectivity index (χ1v) is 16.5. The van der Waals surface area contributed by atoms with Gasteiger partial charge in [0, 0.05) is 18.7 Å². The summed E-state index contributed by atoms with van der Waals surface area (Å²) in [5.74, 6) is -0.0677. The van der Waals surface area contributed by atoms with Crippen molar-refractivity contribution in [3.8, 4) is 11.5 Å². The molecule has 9 nitrogen and oxygen atoms in total. The van der Waals surface area contributed by atoms with Gasteiger partial charge in [-0.25, -0.2) is 8.42 Å². The molecule has 1 N–H and O–H groups in total. The lowest BCUT2D eigenvalue weighted by Gasteiger charge is -2.34. The number of sulfonamides is 1. The van der Waals surface area contributed by atoms with Crippen LogP contribution in [0.1, 0.15) is 55.7 Å². The average molecular weight is 622 g/mol. The second-order valence-corrected chi connectivity index (χ2v) is 13.2. The Bertz CT molecular complexity index is 1550. The Kier molecular flexibility index (Phi) is 10.9. The molecular formula is C34H43N3O6S. The Morgan fingerprint density at radius 2 is 1.59 bits per heavy atom. The van der Waals surface area contributed by atoms with Crippen LogP contribution in [-0.2, 0) is 26.2 Å². The normalized spacial score (nSPS) is 14.1. The standard InChI is InChI=1S/C34H43N3O6S/c1-6-30(34(39)35-27-12-7-8-13-27)36(22-26-11-9-10-25(3)20-26)33(38)23-37(28-16-14-24(2)15-17-28)44(40,41)29-18-19-31(42-4)32(21-29)43-5/h9-11,14-21,27,30H,6-8,12-13,22-23H2,1-5H3,(H,35,39)/t30-/m1/s1. The molecule has 0 radical (unpaired) electrons. The van der Waals surface area contributed by atoms with E-state index in [1.807, 2.05) is 45.0 Å². The van der Waals surface area contributed by atoms with Crippen LogP contribution in [0.5, 0.6) is 11.5 Å². The van der Waals surface area contributed by atoms with E-state index in [0.29, 0.717) is 17.9 Å². The first kappa shape index (κ1) is 32.9. The second-order valence-electron chi connectivity index (χ2n) is 11.3. The third-order valence-corrected chi connectivity index (χ3v) is 9.84. The molecule has 2 amide bonds. The number of nitrogens with zero attached hydrogens (tertiary/aromatic N) is 2. The molecule has 0 bridgehead atoms. The summed E-state index contributed by atoms with van der Waals surface area (Å²) in [4.78, 5) is 29.4. The summed E-state index contributed by atoms with van der Waals surface area (Å²) in [6.07, 6.45) is 4.33. The van der Waals surface area contributed by atoms with Crippen molar-refractivity contribution in [3.05, 3.63) is 83.4 Å². The Balaban J connectivity index is 1.74. The van der Waals surface area contributed by atoms with Crippen molar-refractivity contribution in [2.75, 3.05) is 25.1 Å². The molecule has 0 heterocycles. The van der Waals surface area contributed by atoms with Crippen molar-refractivity contribution < 1.29 is 27.5 Å². The van der Waals surface area contributed by atoms with Gasteiger partial charge in [0.05, 0.1) is 24.8 Å². The number of aryl methyl sites for hydroxylation is 2. The predicted molar refractivity (Wildman–Crippen MR) is 171 cm³/mol. The van der Waals surface area contributed by atoms with Crippen LogP contribution in [0.4, 0.5) is 5.69 Å². The van der Waals surface area contributed by atoms with Crippen LogP contribution in [0.2, 0.25) is 0 Å². The van der Waals surface area contributed by atoms with E-state index in [1.165, 1.54) is 37.3 Å². The first-order chi connectivity index (χ1) is 21.1. The third kappa shape index (κ3) is 7.72. The van der Waals surface area contributed by atoms with Gasteiger partial charge in [0.15, 0.2) is 11.5 Å². The molecule has 1 atom stereocenters. The molecule has 236 valence electrons. The van der Waals surface area contributed by atoms with Crippen LogP contribution >= 0.6 is 0 Å². The molecule has 10 heteroatoms. The van der Waals surface area contributed by atoms with Crippen LogP contribution in [0, 0.1) is 13.8 Å². The molecule has 3 aromatic carbocycles. The van der Waals surface area contributed by atoms with E-state index >= 15 is 0 Å². The fraction of sp³-hybridized carbons (Fsp3) is 0.412. The Labute approximate surface area is 261 Å². The topological polar surface area (TPSA) is 105 Å². The third-order valence-electron chi connectivity index (χ3n) is 8.07. The van der Waals surface area contributed by atoms with Gasteiger partial charge < -0.3 is 19.7 Å². The molecule has 4 rings (SSSR count). The van der Waals surface area contributed by atoms with Gasteiger partial charge in [-0.2, -0.15) is 0 Å². The highest BCUT2D eigenvalue weighted by Gasteiger charge is 2.35. The quantitative estimate of drug-likeness (QED) is 0.275. The molecule has 0 spiro atoms. The minimum atomic E-state index is -4.25. The Morgan fingerprint density at radius 1 is 0.909 bits per heavy atom. The van der Waals surface area contributed by atoms with E-state index in [1.54, 1.807) is 24.3 Å². The lowest BCUT2D eigenvalue weighted by atomic mass is 10.1. The summed E-state index contributed by atoms with van der Waals surface area (Å²) in [7, 11) is -1.35. The summed E-state index contributed by atoms with van der Waals surface area (Å²) in [6, 6.07) is 18.3. The molecule has 3 aromatic rings. The van der Waals surface area contributed by atoms with Crippen molar-refractivity contribution in [1.82, 2.24) is 10.2 Å². The van der Waals surface area contributed by atoms with Crippen LogP contribution in [0.25, 0.3) is 0 Å². The number of anilines is 1. The number of ether oxygens (including phenoxy) is 2. The number of hydrogen-bond acceptors (Lipinski definition) is 6. The number of benzene rings is 3.